The highest BCUT2D eigenvalue weighted by atomic mass is 19.1. The van der Waals surface area contributed by atoms with Crippen LogP contribution in [0.15, 0.2) is 60.7 Å². The summed E-state index contributed by atoms with van der Waals surface area (Å²) in [5.74, 6) is 7.44. The standard InChI is InChI=1S/C33H38F2O/c1-3-5-7-8-25-13-16-30-23-29(18-17-28(30)20-25)27-14-11-24(12-15-27)9-10-26-21-31(34)33(32(35)22-26)36-19-6-4-2/h3-6,11-12,14-15,21-22,25,28-30H,7-8,13,16-20,23H2,1-2H3/b5-3+,6-4+. The van der Waals surface area contributed by atoms with Gasteiger partial charge < -0.3 is 4.74 Å². The molecule has 2 aliphatic carbocycles. The van der Waals surface area contributed by atoms with Crippen LogP contribution in [0.5, 0.6) is 5.75 Å². The molecule has 0 bridgehead atoms. The topological polar surface area (TPSA) is 9.23 Å². The highest BCUT2D eigenvalue weighted by Gasteiger charge is 2.35. The van der Waals surface area contributed by atoms with Gasteiger partial charge in [0, 0.05) is 11.1 Å². The number of hydrogen-bond donors (Lipinski definition) is 0. The molecule has 2 aromatic carbocycles. The minimum absolute atomic E-state index is 0.126. The third-order valence-electron chi connectivity index (χ3n) is 7.99. The summed E-state index contributed by atoms with van der Waals surface area (Å²) >= 11 is 0. The molecular formula is C33H38F2O. The van der Waals surface area contributed by atoms with Gasteiger partial charge in [0.2, 0.25) is 0 Å². The van der Waals surface area contributed by atoms with Gasteiger partial charge in [-0.25, -0.2) is 8.78 Å². The van der Waals surface area contributed by atoms with Crippen molar-refractivity contribution in [2.24, 2.45) is 17.8 Å². The van der Waals surface area contributed by atoms with E-state index in [0.29, 0.717) is 11.5 Å². The Kier molecular flexibility index (Phi) is 9.40. The lowest BCUT2D eigenvalue weighted by Gasteiger charge is -2.42. The van der Waals surface area contributed by atoms with E-state index in [4.69, 9.17) is 4.74 Å². The Bertz CT molecular complexity index is 1100. The van der Waals surface area contributed by atoms with E-state index in [2.05, 4.69) is 43.0 Å². The fourth-order valence-corrected chi connectivity index (χ4v) is 6.03. The van der Waals surface area contributed by atoms with E-state index >= 15 is 0 Å². The highest BCUT2D eigenvalue weighted by Crippen LogP contribution is 2.48. The molecule has 4 unspecified atom stereocenters. The molecule has 36 heavy (non-hydrogen) atoms. The maximum Gasteiger partial charge on any atom is 0.191 e. The van der Waals surface area contributed by atoms with Crippen molar-refractivity contribution in [1.82, 2.24) is 0 Å². The van der Waals surface area contributed by atoms with Gasteiger partial charge in [-0.2, -0.15) is 0 Å². The van der Waals surface area contributed by atoms with Crippen LogP contribution >= 0.6 is 0 Å². The van der Waals surface area contributed by atoms with Crippen molar-refractivity contribution in [3.63, 3.8) is 0 Å². The van der Waals surface area contributed by atoms with Crippen LogP contribution in [0.3, 0.4) is 0 Å². The molecule has 190 valence electrons. The van der Waals surface area contributed by atoms with Crippen LogP contribution in [0.2, 0.25) is 0 Å². The molecule has 0 heterocycles. The van der Waals surface area contributed by atoms with E-state index in [0.717, 1.165) is 23.3 Å². The number of benzene rings is 2. The lowest BCUT2D eigenvalue weighted by molar-refractivity contribution is 0.115. The van der Waals surface area contributed by atoms with Crippen LogP contribution < -0.4 is 4.74 Å². The lowest BCUT2D eigenvalue weighted by atomic mass is 9.63. The number of rotatable bonds is 7. The minimum atomic E-state index is -0.735. The number of hydrogen-bond acceptors (Lipinski definition) is 1. The number of fused-ring (bicyclic) bond motifs is 1. The molecule has 0 radical (unpaired) electrons. The van der Waals surface area contributed by atoms with E-state index in [1.54, 1.807) is 12.2 Å². The average Bonchev–Trinajstić information content (AvgIpc) is 2.89. The second kappa shape index (κ2) is 12.9. The maximum absolute atomic E-state index is 14.3. The Hall–Kier alpha value is -2.86. The summed E-state index contributed by atoms with van der Waals surface area (Å²) in [6, 6.07) is 10.9. The first-order valence-electron chi connectivity index (χ1n) is 13.5. The molecule has 4 rings (SSSR count). The Morgan fingerprint density at radius 1 is 0.833 bits per heavy atom. The molecule has 0 aliphatic heterocycles. The van der Waals surface area contributed by atoms with Gasteiger partial charge in [-0.1, -0.05) is 54.7 Å². The Morgan fingerprint density at radius 3 is 2.22 bits per heavy atom. The van der Waals surface area contributed by atoms with Crippen molar-refractivity contribution in [2.75, 3.05) is 6.61 Å². The predicted octanol–water partition coefficient (Wildman–Crippen LogP) is 8.98. The molecule has 0 amide bonds. The smallest absolute Gasteiger partial charge is 0.191 e. The van der Waals surface area contributed by atoms with Crippen LogP contribution in [-0.2, 0) is 0 Å². The third-order valence-corrected chi connectivity index (χ3v) is 7.99. The Balaban J connectivity index is 1.34. The molecule has 4 atom stereocenters. The molecule has 2 saturated carbocycles. The molecule has 2 aliphatic rings. The molecule has 1 nitrogen and oxygen atoms in total. The lowest BCUT2D eigenvalue weighted by Crippen LogP contribution is -2.30. The van der Waals surface area contributed by atoms with Crippen molar-refractivity contribution < 1.29 is 13.5 Å². The van der Waals surface area contributed by atoms with E-state index in [-0.39, 0.29) is 12.4 Å². The number of ether oxygens (including phenoxy) is 1. The zero-order valence-electron chi connectivity index (χ0n) is 21.6. The monoisotopic (exact) mass is 488 g/mol. The highest BCUT2D eigenvalue weighted by molar-refractivity contribution is 5.46. The van der Waals surface area contributed by atoms with Gasteiger partial charge in [0.1, 0.15) is 6.61 Å². The summed E-state index contributed by atoms with van der Waals surface area (Å²) in [5.41, 5.74) is 2.55. The van der Waals surface area contributed by atoms with Gasteiger partial charge in [0.25, 0.3) is 0 Å². The SMILES string of the molecule is C/C=C/CCC1CCC2CC(c3ccc(C#Cc4cc(F)c(OC/C=C/C)c(F)c4)cc3)CCC2C1. The molecule has 3 heteroatoms. The summed E-state index contributed by atoms with van der Waals surface area (Å²) < 4.78 is 33.7. The summed E-state index contributed by atoms with van der Waals surface area (Å²) in [5, 5.41) is 0. The average molecular weight is 489 g/mol. The maximum atomic E-state index is 14.3. The van der Waals surface area contributed by atoms with Crippen molar-refractivity contribution in [2.45, 2.75) is 71.1 Å². The van der Waals surface area contributed by atoms with E-state index < -0.39 is 11.6 Å². The van der Waals surface area contributed by atoms with Crippen molar-refractivity contribution in [3.05, 3.63) is 89.0 Å². The minimum Gasteiger partial charge on any atom is -0.483 e. The molecule has 0 saturated heterocycles. The fourth-order valence-electron chi connectivity index (χ4n) is 6.03. The van der Waals surface area contributed by atoms with Gasteiger partial charge in [-0.05, 0) is 112 Å². The van der Waals surface area contributed by atoms with Gasteiger partial charge in [-0.3, -0.25) is 0 Å². The second-order valence-corrected chi connectivity index (χ2v) is 10.4. The normalized spacial score (nSPS) is 23.9. The van der Waals surface area contributed by atoms with Gasteiger partial charge in [0.05, 0.1) is 0 Å². The molecule has 0 spiro atoms. The zero-order valence-corrected chi connectivity index (χ0v) is 21.6. The van der Waals surface area contributed by atoms with Crippen LogP contribution in [0, 0.1) is 41.2 Å². The molecular weight excluding hydrogens is 450 g/mol. The predicted molar refractivity (Wildman–Crippen MR) is 144 cm³/mol. The number of halogens is 2. The van der Waals surface area contributed by atoms with Crippen molar-refractivity contribution in [1.29, 1.82) is 0 Å². The second-order valence-electron chi connectivity index (χ2n) is 10.4. The first kappa shape index (κ1) is 26.2. The quantitative estimate of drug-likeness (QED) is 0.279. The van der Waals surface area contributed by atoms with Crippen LogP contribution in [-0.4, -0.2) is 6.61 Å². The summed E-state index contributed by atoms with van der Waals surface area (Å²) in [4.78, 5) is 0. The van der Waals surface area contributed by atoms with E-state index in [1.165, 1.54) is 69.1 Å². The summed E-state index contributed by atoms with van der Waals surface area (Å²) in [6.45, 7) is 4.06. The van der Waals surface area contributed by atoms with Crippen molar-refractivity contribution >= 4 is 0 Å². The molecule has 0 aromatic heterocycles. The van der Waals surface area contributed by atoms with Crippen LogP contribution in [0.4, 0.5) is 8.78 Å². The molecule has 2 fully saturated rings. The van der Waals surface area contributed by atoms with Crippen LogP contribution in [0.25, 0.3) is 0 Å². The third kappa shape index (κ3) is 6.88. The summed E-state index contributed by atoms with van der Waals surface area (Å²) in [6.07, 6.45) is 18.7. The van der Waals surface area contributed by atoms with Gasteiger partial charge in [-0.15, -0.1) is 0 Å². The van der Waals surface area contributed by atoms with E-state index in [9.17, 15) is 8.78 Å². The largest absolute Gasteiger partial charge is 0.483 e. The van der Waals surface area contributed by atoms with Gasteiger partial charge >= 0.3 is 0 Å². The Labute approximate surface area is 215 Å². The Morgan fingerprint density at radius 2 is 1.50 bits per heavy atom. The summed E-state index contributed by atoms with van der Waals surface area (Å²) in [7, 11) is 0. The van der Waals surface area contributed by atoms with Crippen molar-refractivity contribution in [3.8, 4) is 17.6 Å². The fraction of sp³-hybridized carbons (Fsp3) is 0.455. The first-order valence-corrected chi connectivity index (χ1v) is 13.5. The van der Waals surface area contributed by atoms with Gasteiger partial charge in [0.15, 0.2) is 17.4 Å². The van der Waals surface area contributed by atoms with Crippen LogP contribution in [0.1, 0.15) is 87.8 Å². The zero-order chi connectivity index (χ0) is 25.3. The first-order chi connectivity index (χ1) is 17.6. The van der Waals surface area contributed by atoms with E-state index in [1.807, 2.05) is 19.1 Å². The molecule has 2 aromatic rings. The molecule has 0 N–H and O–H groups in total. The number of allylic oxidation sites excluding steroid dienone is 3.